The Morgan fingerprint density at radius 3 is 2.84 bits per heavy atom. The number of aliphatic hydroxyl groups is 1. The normalized spacial score (nSPS) is 26.1. The van der Waals surface area contributed by atoms with Crippen molar-refractivity contribution in [1.29, 1.82) is 0 Å². The average molecular weight is 258 g/mol. The molecule has 1 saturated heterocycles. The van der Waals surface area contributed by atoms with Crippen LogP contribution in [0.2, 0.25) is 0 Å². The molecule has 0 spiro atoms. The van der Waals surface area contributed by atoms with Crippen LogP contribution in [0.3, 0.4) is 0 Å². The standard InChI is InChI=1S/C15H18N2O2/c1-15(19)8-7-12(14-16-9-10-17(14)15)13(18)11-5-3-2-4-6-11/h2-6,16,19H,7-10H2,1H3. The van der Waals surface area contributed by atoms with Gasteiger partial charge in [-0.3, -0.25) is 4.79 Å². The molecule has 0 aliphatic carbocycles. The van der Waals surface area contributed by atoms with Gasteiger partial charge in [0.25, 0.3) is 0 Å². The Hall–Kier alpha value is -1.81. The molecule has 19 heavy (non-hydrogen) atoms. The average Bonchev–Trinajstić information content (AvgIpc) is 2.90. The summed E-state index contributed by atoms with van der Waals surface area (Å²) >= 11 is 0. The first-order chi connectivity index (χ1) is 9.09. The Morgan fingerprint density at radius 1 is 1.37 bits per heavy atom. The highest BCUT2D eigenvalue weighted by Gasteiger charge is 2.40. The van der Waals surface area contributed by atoms with Gasteiger partial charge in [-0.2, -0.15) is 0 Å². The summed E-state index contributed by atoms with van der Waals surface area (Å²) in [7, 11) is 0. The Labute approximate surface area is 112 Å². The van der Waals surface area contributed by atoms with E-state index in [9.17, 15) is 9.90 Å². The van der Waals surface area contributed by atoms with Crippen molar-refractivity contribution in [2.75, 3.05) is 13.1 Å². The van der Waals surface area contributed by atoms with Crippen molar-refractivity contribution >= 4 is 5.78 Å². The summed E-state index contributed by atoms with van der Waals surface area (Å²) in [6.45, 7) is 3.33. The smallest absolute Gasteiger partial charge is 0.192 e. The third kappa shape index (κ3) is 2.02. The number of allylic oxidation sites excluding steroid dienone is 1. The SMILES string of the molecule is CC1(O)CCC(C(=O)c2ccccc2)=C2NCCN21. The number of nitrogens with one attached hydrogen (secondary N) is 1. The Morgan fingerprint density at radius 2 is 2.11 bits per heavy atom. The highest BCUT2D eigenvalue weighted by atomic mass is 16.3. The van der Waals surface area contributed by atoms with E-state index in [0.717, 1.165) is 24.5 Å². The van der Waals surface area contributed by atoms with Crippen molar-refractivity contribution in [2.45, 2.75) is 25.5 Å². The van der Waals surface area contributed by atoms with Gasteiger partial charge in [-0.15, -0.1) is 0 Å². The van der Waals surface area contributed by atoms with Crippen LogP contribution < -0.4 is 5.32 Å². The minimum Gasteiger partial charge on any atom is -0.371 e. The molecule has 4 nitrogen and oxygen atoms in total. The van der Waals surface area contributed by atoms with Gasteiger partial charge in [-0.25, -0.2) is 0 Å². The summed E-state index contributed by atoms with van der Waals surface area (Å²) in [5.41, 5.74) is 0.648. The number of benzene rings is 1. The van der Waals surface area contributed by atoms with E-state index in [4.69, 9.17) is 0 Å². The van der Waals surface area contributed by atoms with E-state index >= 15 is 0 Å². The maximum absolute atomic E-state index is 12.5. The van der Waals surface area contributed by atoms with Gasteiger partial charge in [0.1, 0.15) is 11.5 Å². The molecule has 1 unspecified atom stereocenters. The van der Waals surface area contributed by atoms with Crippen molar-refractivity contribution in [3.63, 3.8) is 0 Å². The molecule has 3 rings (SSSR count). The minimum absolute atomic E-state index is 0.0606. The zero-order valence-corrected chi connectivity index (χ0v) is 11.0. The maximum Gasteiger partial charge on any atom is 0.192 e. The van der Waals surface area contributed by atoms with Crippen LogP contribution in [-0.2, 0) is 0 Å². The molecule has 1 aromatic rings. The monoisotopic (exact) mass is 258 g/mol. The molecule has 2 heterocycles. The largest absolute Gasteiger partial charge is 0.371 e. The highest BCUT2D eigenvalue weighted by Crippen LogP contribution is 2.34. The number of carbonyl (C=O) groups is 1. The molecular formula is C15H18N2O2. The molecular weight excluding hydrogens is 240 g/mol. The van der Waals surface area contributed by atoms with Gasteiger partial charge < -0.3 is 15.3 Å². The molecule has 0 saturated carbocycles. The maximum atomic E-state index is 12.5. The van der Waals surface area contributed by atoms with E-state index in [1.807, 2.05) is 42.2 Å². The van der Waals surface area contributed by atoms with E-state index in [1.165, 1.54) is 0 Å². The predicted molar refractivity (Wildman–Crippen MR) is 72.4 cm³/mol. The predicted octanol–water partition coefficient (Wildman–Crippen LogP) is 1.49. The van der Waals surface area contributed by atoms with E-state index in [0.29, 0.717) is 18.4 Å². The molecule has 100 valence electrons. The van der Waals surface area contributed by atoms with Crippen molar-refractivity contribution in [3.05, 3.63) is 47.3 Å². The van der Waals surface area contributed by atoms with E-state index < -0.39 is 5.72 Å². The lowest BCUT2D eigenvalue weighted by molar-refractivity contribution is -0.0788. The third-order valence-electron chi connectivity index (χ3n) is 3.92. The second-order valence-corrected chi connectivity index (χ2v) is 5.32. The number of ketones is 1. The van der Waals surface area contributed by atoms with Crippen molar-refractivity contribution in [3.8, 4) is 0 Å². The highest BCUT2D eigenvalue weighted by molar-refractivity contribution is 6.09. The van der Waals surface area contributed by atoms with Crippen LogP contribution in [0.25, 0.3) is 0 Å². The number of Topliss-reactive ketones (excluding diaryl/α,β-unsaturated/α-hetero) is 1. The number of fused-ring (bicyclic) bond motifs is 1. The number of rotatable bonds is 2. The van der Waals surface area contributed by atoms with Gasteiger partial charge in [0.05, 0.1) is 0 Å². The Kier molecular flexibility index (Phi) is 2.82. The first-order valence-corrected chi connectivity index (χ1v) is 6.66. The molecule has 4 heteroatoms. The lowest BCUT2D eigenvalue weighted by atomic mass is 9.92. The molecule has 0 aromatic heterocycles. The zero-order valence-electron chi connectivity index (χ0n) is 11.0. The molecule has 1 atom stereocenters. The zero-order chi connectivity index (χ0) is 13.5. The fourth-order valence-electron chi connectivity index (χ4n) is 2.84. The summed E-state index contributed by atoms with van der Waals surface area (Å²) in [5, 5.41) is 13.6. The summed E-state index contributed by atoms with van der Waals surface area (Å²) in [6.07, 6.45) is 1.20. The first kappa shape index (κ1) is 12.2. The van der Waals surface area contributed by atoms with E-state index in [2.05, 4.69) is 5.32 Å². The molecule has 0 bridgehead atoms. The van der Waals surface area contributed by atoms with Crippen molar-refractivity contribution in [2.24, 2.45) is 0 Å². The van der Waals surface area contributed by atoms with Gasteiger partial charge in [0.15, 0.2) is 5.78 Å². The van der Waals surface area contributed by atoms with Gasteiger partial charge >= 0.3 is 0 Å². The van der Waals surface area contributed by atoms with E-state index in [-0.39, 0.29) is 5.78 Å². The molecule has 1 fully saturated rings. The summed E-state index contributed by atoms with van der Waals surface area (Å²) in [5.74, 6) is 0.871. The summed E-state index contributed by atoms with van der Waals surface area (Å²) in [4.78, 5) is 14.5. The van der Waals surface area contributed by atoms with Gasteiger partial charge in [-0.1, -0.05) is 30.3 Å². The molecule has 2 N–H and O–H groups in total. The topological polar surface area (TPSA) is 52.6 Å². The first-order valence-electron chi connectivity index (χ1n) is 6.66. The lowest BCUT2D eigenvalue weighted by Gasteiger charge is -2.40. The summed E-state index contributed by atoms with van der Waals surface area (Å²) in [6, 6.07) is 9.32. The molecule has 0 amide bonds. The fourth-order valence-corrected chi connectivity index (χ4v) is 2.84. The number of hydrogen-bond donors (Lipinski definition) is 2. The fraction of sp³-hybridized carbons (Fsp3) is 0.400. The molecule has 2 aliphatic rings. The third-order valence-corrected chi connectivity index (χ3v) is 3.92. The molecule has 1 aromatic carbocycles. The van der Waals surface area contributed by atoms with Crippen molar-refractivity contribution < 1.29 is 9.90 Å². The van der Waals surface area contributed by atoms with Gasteiger partial charge in [0.2, 0.25) is 0 Å². The number of carbonyl (C=O) groups excluding carboxylic acids is 1. The quantitative estimate of drug-likeness (QED) is 0.789. The molecule has 2 aliphatic heterocycles. The minimum atomic E-state index is -0.848. The Balaban J connectivity index is 1.99. The van der Waals surface area contributed by atoms with Crippen LogP contribution in [0.4, 0.5) is 0 Å². The second kappa shape index (κ2) is 4.38. The van der Waals surface area contributed by atoms with Crippen LogP contribution in [0.1, 0.15) is 30.1 Å². The van der Waals surface area contributed by atoms with Crippen LogP contribution >= 0.6 is 0 Å². The van der Waals surface area contributed by atoms with Gasteiger partial charge in [-0.05, 0) is 19.8 Å². The lowest BCUT2D eigenvalue weighted by Crippen LogP contribution is -2.47. The van der Waals surface area contributed by atoms with Gasteiger partial charge in [0, 0.05) is 24.2 Å². The Bertz CT molecular complexity index is 534. The number of nitrogens with zero attached hydrogens (tertiary/aromatic N) is 1. The van der Waals surface area contributed by atoms with Crippen LogP contribution in [0.15, 0.2) is 41.7 Å². The van der Waals surface area contributed by atoms with E-state index in [1.54, 1.807) is 0 Å². The summed E-state index contributed by atoms with van der Waals surface area (Å²) < 4.78 is 0. The number of hydrogen-bond acceptors (Lipinski definition) is 4. The molecule has 0 radical (unpaired) electrons. The van der Waals surface area contributed by atoms with Crippen LogP contribution in [0, 0.1) is 0 Å². The van der Waals surface area contributed by atoms with Crippen LogP contribution in [0.5, 0.6) is 0 Å². The second-order valence-electron chi connectivity index (χ2n) is 5.32. The van der Waals surface area contributed by atoms with Crippen molar-refractivity contribution in [1.82, 2.24) is 10.2 Å². The van der Waals surface area contributed by atoms with Crippen LogP contribution in [-0.4, -0.2) is 34.6 Å².